The molecule has 128 valence electrons. The molecule has 2 amide bonds. The van der Waals surface area contributed by atoms with Crippen LogP contribution >= 0.6 is 24.0 Å². The van der Waals surface area contributed by atoms with Gasteiger partial charge < -0.3 is 14.4 Å². The van der Waals surface area contributed by atoms with Crippen molar-refractivity contribution in [1.29, 1.82) is 0 Å². The molecule has 1 N–H and O–H groups in total. The molecule has 0 bridgehead atoms. The van der Waals surface area contributed by atoms with E-state index >= 15 is 0 Å². The Morgan fingerprint density at radius 3 is 2.71 bits per heavy atom. The van der Waals surface area contributed by atoms with Crippen LogP contribution in [0.4, 0.5) is 0 Å². The molecule has 1 aromatic rings. The van der Waals surface area contributed by atoms with Gasteiger partial charge in [0.1, 0.15) is 10.9 Å². The van der Waals surface area contributed by atoms with Crippen LogP contribution in [0.3, 0.4) is 0 Å². The fourth-order valence-electron chi connectivity index (χ4n) is 2.52. The van der Waals surface area contributed by atoms with E-state index in [0.717, 1.165) is 25.9 Å². The van der Waals surface area contributed by atoms with E-state index < -0.39 is 12.0 Å². The van der Waals surface area contributed by atoms with E-state index in [1.54, 1.807) is 18.2 Å². The highest BCUT2D eigenvalue weighted by Crippen LogP contribution is 2.30. The lowest BCUT2D eigenvalue weighted by Crippen LogP contribution is -2.46. The van der Waals surface area contributed by atoms with Crippen molar-refractivity contribution in [2.24, 2.45) is 0 Å². The maximum Gasteiger partial charge on any atom is 0.271 e. The molecule has 0 aliphatic carbocycles. The van der Waals surface area contributed by atoms with Crippen LogP contribution in [0.2, 0.25) is 0 Å². The fraction of sp³-hybridized carbons (Fsp3) is 0.438. The summed E-state index contributed by atoms with van der Waals surface area (Å²) in [5.74, 6) is 0.335. The first kappa shape index (κ1) is 17.0. The summed E-state index contributed by atoms with van der Waals surface area (Å²) in [5.41, 5.74) is 0. The maximum atomic E-state index is 12.1. The third-order valence-corrected chi connectivity index (χ3v) is 5.28. The standard InChI is InChI=1S/C16H18N2O4S2/c19-14(10-24-16(23)18-7-3-4-8-18)17-15(20)13-9-21-11-5-1-2-6-12(11)22-13/h1-2,5-6,13H,3-4,7-10H2,(H,17,19,20)/t13-/m1/s1. The van der Waals surface area contributed by atoms with Crippen LogP contribution in [0.5, 0.6) is 11.5 Å². The Hall–Kier alpha value is -1.80. The summed E-state index contributed by atoms with van der Waals surface area (Å²) in [7, 11) is 0. The minimum absolute atomic E-state index is 0.0788. The number of nitrogens with zero attached hydrogens (tertiary/aromatic N) is 1. The summed E-state index contributed by atoms with van der Waals surface area (Å²) >= 11 is 6.57. The second kappa shape index (κ2) is 7.85. The summed E-state index contributed by atoms with van der Waals surface area (Å²) in [5, 5.41) is 2.34. The zero-order chi connectivity index (χ0) is 16.9. The molecular formula is C16H18N2O4S2. The summed E-state index contributed by atoms with van der Waals surface area (Å²) in [4.78, 5) is 26.2. The van der Waals surface area contributed by atoms with E-state index in [0.29, 0.717) is 15.8 Å². The van der Waals surface area contributed by atoms with E-state index in [2.05, 4.69) is 10.2 Å². The highest BCUT2D eigenvalue weighted by molar-refractivity contribution is 8.23. The summed E-state index contributed by atoms with van der Waals surface area (Å²) in [6, 6.07) is 7.11. The largest absolute Gasteiger partial charge is 0.485 e. The number of nitrogens with one attached hydrogen (secondary N) is 1. The number of rotatable bonds is 3. The molecule has 8 heteroatoms. The SMILES string of the molecule is O=C(CSC(=S)N1CCCC1)NC(=O)[C@H]1COc2ccccc2O1. The number of likely N-dealkylation sites (tertiary alicyclic amines) is 1. The van der Waals surface area contributed by atoms with Crippen molar-refractivity contribution in [3.8, 4) is 11.5 Å². The molecule has 2 heterocycles. The van der Waals surface area contributed by atoms with E-state index in [9.17, 15) is 9.59 Å². The first-order chi connectivity index (χ1) is 11.6. The number of benzene rings is 1. The molecule has 0 spiro atoms. The highest BCUT2D eigenvalue weighted by atomic mass is 32.2. The van der Waals surface area contributed by atoms with Crippen LogP contribution < -0.4 is 14.8 Å². The van der Waals surface area contributed by atoms with Gasteiger partial charge in [-0.2, -0.15) is 0 Å². The number of carbonyl (C=O) groups excluding carboxylic acids is 2. The molecule has 1 saturated heterocycles. The predicted molar refractivity (Wildman–Crippen MR) is 95.4 cm³/mol. The quantitative estimate of drug-likeness (QED) is 0.815. The number of imide groups is 1. The molecule has 2 aliphatic heterocycles. The minimum Gasteiger partial charge on any atom is -0.485 e. The lowest BCUT2D eigenvalue weighted by molar-refractivity contribution is -0.135. The van der Waals surface area contributed by atoms with Gasteiger partial charge >= 0.3 is 0 Å². The van der Waals surface area contributed by atoms with Crippen molar-refractivity contribution in [2.75, 3.05) is 25.4 Å². The van der Waals surface area contributed by atoms with Crippen molar-refractivity contribution >= 4 is 40.1 Å². The van der Waals surface area contributed by atoms with Gasteiger partial charge in [-0.1, -0.05) is 36.1 Å². The molecular weight excluding hydrogens is 348 g/mol. The molecule has 24 heavy (non-hydrogen) atoms. The lowest BCUT2D eigenvalue weighted by atomic mass is 10.2. The second-order valence-corrected chi connectivity index (χ2v) is 7.13. The van der Waals surface area contributed by atoms with E-state index in [-0.39, 0.29) is 18.3 Å². The summed E-state index contributed by atoms with van der Waals surface area (Å²) < 4.78 is 11.8. The summed E-state index contributed by atoms with van der Waals surface area (Å²) in [6.45, 7) is 1.97. The van der Waals surface area contributed by atoms with Crippen LogP contribution in [0, 0.1) is 0 Å². The van der Waals surface area contributed by atoms with Gasteiger partial charge in [-0.15, -0.1) is 0 Å². The van der Waals surface area contributed by atoms with Gasteiger partial charge in [0.25, 0.3) is 5.91 Å². The number of carbonyl (C=O) groups is 2. The number of hydrogen-bond donors (Lipinski definition) is 1. The number of fused-ring (bicyclic) bond motifs is 1. The van der Waals surface area contributed by atoms with Crippen LogP contribution in [0.15, 0.2) is 24.3 Å². The molecule has 0 saturated carbocycles. The topological polar surface area (TPSA) is 67.9 Å². The van der Waals surface area contributed by atoms with Crippen LogP contribution in [-0.4, -0.2) is 52.6 Å². The Balaban J connectivity index is 1.45. The first-order valence-electron chi connectivity index (χ1n) is 7.77. The van der Waals surface area contributed by atoms with Gasteiger partial charge in [-0.05, 0) is 25.0 Å². The molecule has 3 rings (SSSR count). The third kappa shape index (κ3) is 4.18. The van der Waals surface area contributed by atoms with Gasteiger partial charge in [0.2, 0.25) is 12.0 Å². The molecule has 0 unspecified atom stereocenters. The summed E-state index contributed by atoms with van der Waals surface area (Å²) in [6.07, 6.45) is 1.43. The lowest BCUT2D eigenvalue weighted by Gasteiger charge is -2.25. The smallest absolute Gasteiger partial charge is 0.271 e. The molecule has 0 aromatic heterocycles. The fourth-order valence-corrected chi connectivity index (χ4v) is 3.57. The Bertz CT molecular complexity index is 647. The Morgan fingerprint density at radius 1 is 1.25 bits per heavy atom. The highest BCUT2D eigenvalue weighted by Gasteiger charge is 2.28. The average molecular weight is 366 g/mol. The second-order valence-electron chi connectivity index (χ2n) is 5.53. The molecule has 1 fully saturated rings. The van der Waals surface area contributed by atoms with Gasteiger partial charge in [0, 0.05) is 13.1 Å². The molecule has 1 atom stereocenters. The molecule has 6 nitrogen and oxygen atoms in total. The van der Waals surface area contributed by atoms with Crippen molar-refractivity contribution in [1.82, 2.24) is 10.2 Å². The van der Waals surface area contributed by atoms with Crippen molar-refractivity contribution in [3.63, 3.8) is 0 Å². The van der Waals surface area contributed by atoms with E-state index in [4.69, 9.17) is 21.7 Å². The van der Waals surface area contributed by atoms with Crippen molar-refractivity contribution in [3.05, 3.63) is 24.3 Å². The van der Waals surface area contributed by atoms with Crippen molar-refractivity contribution in [2.45, 2.75) is 18.9 Å². The monoisotopic (exact) mass is 366 g/mol. The normalized spacial score (nSPS) is 19.0. The van der Waals surface area contributed by atoms with Gasteiger partial charge in [0.05, 0.1) is 5.75 Å². The van der Waals surface area contributed by atoms with Crippen LogP contribution in [-0.2, 0) is 9.59 Å². The van der Waals surface area contributed by atoms with Crippen LogP contribution in [0.25, 0.3) is 0 Å². The number of ether oxygens (including phenoxy) is 2. The van der Waals surface area contributed by atoms with Gasteiger partial charge in [-0.25, -0.2) is 0 Å². The van der Waals surface area contributed by atoms with Crippen molar-refractivity contribution < 1.29 is 19.1 Å². The zero-order valence-corrected chi connectivity index (χ0v) is 14.7. The third-order valence-electron chi connectivity index (χ3n) is 3.75. The number of para-hydroxylation sites is 2. The number of thiocarbonyl (C=S) groups is 1. The Labute approximate surface area is 149 Å². The number of hydrogen-bond acceptors (Lipinski definition) is 6. The van der Waals surface area contributed by atoms with E-state index in [1.807, 2.05) is 6.07 Å². The molecule has 1 aromatic carbocycles. The van der Waals surface area contributed by atoms with Crippen LogP contribution in [0.1, 0.15) is 12.8 Å². The maximum absolute atomic E-state index is 12.1. The number of amides is 2. The number of thioether (sulfide) groups is 1. The Kier molecular flexibility index (Phi) is 5.57. The molecule has 0 radical (unpaired) electrons. The average Bonchev–Trinajstić information content (AvgIpc) is 3.14. The minimum atomic E-state index is -0.834. The predicted octanol–water partition coefficient (Wildman–Crippen LogP) is 1.58. The zero-order valence-electron chi connectivity index (χ0n) is 13.0. The van der Waals surface area contributed by atoms with Gasteiger partial charge in [-0.3, -0.25) is 14.9 Å². The van der Waals surface area contributed by atoms with E-state index in [1.165, 1.54) is 11.8 Å². The Morgan fingerprint density at radius 2 is 1.96 bits per heavy atom. The molecule has 2 aliphatic rings. The first-order valence-corrected chi connectivity index (χ1v) is 9.17. The van der Waals surface area contributed by atoms with Gasteiger partial charge in [0.15, 0.2) is 11.5 Å².